The molecule has 0 aliphatic heterocycles. The summed E-state index contributed by atoms with van der Waals surface area (Å²) in [7, 11) is 0. The van der Waals surface area contributed by atoms with Gasteiger partial charge in [-0.05, 0) is 61.9 Å². The minimum Gasteiger partial charge on any atom is -0.489 e. The summed E-state index contributed by atoms with van der Waals surface area (Å²) in [6.07, 6.45) is 0.162. The first-order chi connectivity index (χ1) is 9.56. The second-order valence-corrected chi connectivity index (χ2v) is 6.38. The van der Waals surface area contributed by atoms with Crippen LogP contribution in [0.3, 0.4) is 0 Å². The van der Waals surface area contributed by atoms with Crippen molar-refractivity contribution in [3.63, 3.8) is 0 Å². The zero-order valence-corrected chi connectivity index (χ0v) is 13.5. The van der Waals surface area contributed by atoms with Crippen LogP contribution in [0, 0.1) is 20.8 Å². The number of thiophene rings is 1. The number of rotatable bonds is 6. The molecule has 0 aliphatic carbocycles. The molecule has 0 amide bonds. The third kappa shape index (κ3) is 4.09. The van der Waals surface area contributed by atoms with Crippen molar-refractivity contribution in [2.75, 3.05) is 6.54 Å². The van der Waals surface area contributed by atoms with Gasteiger partial charge in [0.15, 0.2) is 0 Å². The molecule has 2 aromatic rings. The lowest BCUT2D eigenvalue weighted by Crippen LogP contribution is -2.28. The van der Waals surface area contributed by atoms with Crippen LogP contribution in [0.2, 0.25) is 0 Å². The van der Waals surface area contributed by atoms with E-state index in [1.165, 1.54) is 21.6 Å². The molecule has 1 aromatic heterocycles. The number of aryl methyl sites for hydroxylation is 2. The molecule has 1 heterocycles. The molecule has 0 aliphatic rings. The molecule has 1 N–H and O–H groups in total. The maximum absolute atomic E-state index is 6.07. The summed E-state index contributed by atoms with van der Waals surface area (Å²) in [5.41, 5.74) is 3.78. The van der Waals surface area contributed by atoms with Crippen molar-refractivity contribution in [1.82, 2.24) is 5.32 Å². The average Bonchev–Trinajstić information content (AvgIpc) is 2.88. The van der Waals surface area contributed by atoms with Crippen LogP contribution in [-0.4, -0.2) is 12.6 Å². The highest BCUT2D eigenvalue weighted by Crippen LogP contribution is 2.24. The fourth-order valence-electron chi connectivity index (χ4n) is 2.19. The minimum atomic E-state index is 0.162. The van der Waals surface area contributed by atoms with Gasteiger partial charge < -0.3 is 10.1 Å². The van der Waals surface area contributed by atoms with E-state index >= 15 is 0 Å². The Morgan fingerprint density at radius 3 is 2.75 bits per heavy atom. The van der Waals surface area contributed by atoms with Crippen LogP contribution in [-0.2, 0) is 6.54 Å². The van der Waals surface area contributed by atoms with Crippen molar-refractivity contribution in [2.24, 2.45) is 0 Å². The second-order valence-electron chi connectivity index (χ2n) is 5.34. The lowest BCUT2D eigenvalue weighted by Gasteiger charge is -2.18. The third-order valence-electron chi connectivity index (χ3n) is 3.40. The van der Waals surface area contributed by atoms with E-state index in [2.05, 4.69) is 62.7 Å². The Bertz CT molecular complexity index is 548. The molecule has 1 aromatic carbocycles. The Labute approximate surface area is 125 Å². The molecule has 1 unspecified atom stereocenters. The molecule has 2 rings (SSSR count). The Hall–Kier alpha value is -1.32. The van der Waals surface area contributed by atoms with Crippen molar-refractivity contribution in [3.8, 4) is 5.75 Å². The summed E-state index contributed by atoms with van der Waals surface area (Å²) in [5.74, 6) is 1.01. The van der Waals surface area contributed by atoms with Gasteiger partial charge in [-0.15, -0.1) is 11.3 Å². The molecule has 20 heavy (non-hydrogen) atoms. The molecule has 0 fully saturated rings. The van der Waals surface area contributed by atoms with Crippen LogP contribution in [0.1, 0.15) is 28.5 Å². The van der Waals surface area contributed by atoms with Crippen LogP contribution >= 0.6 is 11.3 Å². The van der Waals surface area contributed by atoms with E-state index < -0.39 is 0 Å². The Morgan fingerprint density at radius 1 is 1.25 bits per heavy atom. The quantitative estimate of drug-likeness (QED) is 0.859. The summed E-state index contributed by atoms with van der Waals surface area (Å²) < 4.78 is 6.07. The van der Waals surface area contributed by atoms with E-state index in [0.717, 1.165) is 18.8 Å². The van der Waals surface area contributed by atoms with Gasteiger partial charge in [-0.25, -0.2) is 0 Å². The number of nitrogens with one attached hydrogen (secondary N) is 1. The van der Waals surface area contributed by atoms with Gasteiger partial charge in [-0.2, -0.15) is 0 Å². The van der Waals surface area contributed by atoms with E-state index in [0.29, 0.717) is 0 Å². The Morgan fingerprint density at radius 2 is 2.05 bits per heavy atom. The summed E-state index contributed by atoms with van der Waals surface area (Å²) in [6.45, 7) is 10.2. The molecule has 0 radical (unpaired) electrons. The normalized spacial score (nSPS) is 12.4. The van der Waals surface area contributed by atoms with Gasteiger partial charge in [0.25, 0.3) is 0 Å². The number of ether oxygens (including phenoxy) is 1. The maximum Gasteiger partial charge on any atom is 0.123 e. The van der Waals surface area contributed by atoms with Crippen LogP contribution < -0.4 is 10.1 Å². The molecule has 2 nitrogen and oxygen atoms in total. The lowest BCUT2D eigenvalue weighted by atomic mass is 10.1. The van der Waals surface area contributed by atoms with E-state index in [1.54, 1.807) is 11.3 Å². The SMILES string of the molecule is Cc1cc(C)c(C)c(OC(C)CNCc2cccs2)c1. The van der Waals surface area contributed by atoms with Crippen LogP contribution in [0.25, 0.3) is 0 Å². The van der Waals surface area contributed by atoms with Gasteiger partial charge in [-0.1, -0.05) is 12.1 Å². The molecule has 108 valence electrons. The minimum absolute atomic E-state index is 0.162. The molecular weight excluding hydrogens is 266 g/mol. The fraction of sp³-hybridized carbons (Fsp3) is 0.412. The van der Waals surface area contributed by atoms with Crippen molar-refractivity contribution in [2.45, 2.75) is 40.3 Å². The summed E-state index contributed by atoms with van der Waals surface area (Å²) in [6, 6.07) is 8.55. The predicted octanol–water partition coefficient (Wildman–Crippen LogP) is 4.23. The van der Waals surface area contributed by atoms with Gasteiger partial charge in [0, 0.05) is 18.0 Å². The molecule has 0 saturated carbocycles. The maximum atomic E-state index is 6.07. The zero-order chi connectivity index (χ0) is 14.5. The highest BCUT2D eigenvalue weighted by molar-refractivity contribution is 7.09. The van der Waals surface area contributed by atoms with E-state index in [9.17, 15) is 0 Å². The van der Waals surface area contributed by atoms with E-state index in [-0.39, 0.29) is 6.10 Å². The standard InChI is InChI=1S/C17H23NOS/c1-12-8-13(2)15(4)17(9-12)19-14(3)10-18-11-16-6-5-7-20-16/h5-9,14,18H,10-11H2,1-4H3. The Kier molecular flexibility index (Phi) is 5.21. The van der Waals surface area contributed by atoms with Crippen LogP contribution in [0.4, 0.5) is 0 Å². The van der Waals surface area contributed by atoms with E-state index in [1.807, 2.05) is 0 Å². The molecule has 0 spiro atoms. The van der Waals surface area contributed by atoms with E-state index in [4.69, 9.17) is 4.74 Å². The topological polar surface area (TPSA) is 21.3 Å². The van der Waals surface area contributed by atoms with Crippen LogP contribution in [0.5, 0.6) is 5.75 Å². The fourth-order valence-corrected chi connectivity index (χ4v) is 2.87. The smallest absolute Gasteiger partial charge is 0.123 e. The highest BCUT2D eigenvalue weighted by atomic mass is 32.1. The first kappa shape index (κ1) is 15.1. The monoisotopic (exact) mass is 289 g/mol. The second kappa shape index (κ2) is 6.91. The average molecular weight is 289 g/mol. The molecule has 3 heteroatoms. The Balaban J connectivity index is 1.86. The summed E-state index contributed by atoms with van der Waals surface area (Å²) in [4.78, 5) is 1.36. The molecular formula is C17H23NOS. The first-order valence-corrected chi connectivity index (χ1v) is 7.92. The lowest BCUT2D eigenvalue weighted by molar-refractivity contribution is 0.215. The van der Waals surface area contributed by atoms with Gasteiger partial charge >= 0.3 is 0 Å². The molecule has 1 atom stereocenters. The van der Waals surface area contributed by atoms with Crippen molar-refractivity contribution >= 4 is 11.3 Å². The van der Waals surface area contributed by atoms with Crippen molar-refractivity contribution in [1.29, 1.82) is 0 Å². The van der Waals surface area contributed by atoms with Gasteiger partial charge in [0.2, 0.25) is 0 Å². The number of hydrogen-bond donors (Lipinski definition) is 1. The summed E-state index contributed by atoms with van der Waals surface area (Å²) in [5, 5.41) is 5.55. The molecule has 0 bridgehead atoms. The van der Waals surface area contributed by atoms with Gasteiger partial charge in [-0.3, -0.25) is 0 Å². The predicted molar refractivity (Wildman–Crippen MR) is 86.8 cm³/mol. The highest BCUT2D eigenvalue weighted by Gasteiger charge is 2.08. The van der Waals surface area contributed by atoms with Crippen LogP contribution in [0.15, 0.2) is 29.6 Å². The third-order valence-corrected chi connectivity index (χ3v) is 4.28. The largest absolute Gasteiger partial charge is 0.489 e. The number of hydrogen-bond acceptors (Lipinski definition) is 3. The molecule has 0 saturated heterocycles. The van der Waals surface area contributed by atoms with Crippen molar-refractivity contribution in [3.05, 3.63) is 51.2 Å². The first-order valence-electron chi connectivity index (χ1n) is 7.04. The van der Waals surface area contributed by atoms with Gasteiger partial charge in [0.05, 0.1) is 0 Å². The van der Waals surface area contributed by atoms with Crippen molar-refractivity contribution < 1.29 is 4.74 Å². The zero-order valence-electron chi connectivity index (χ0n) is 12.7. The summed E-state index contributed by atoms with van der Waals surface area (Å²) >= 11 is 1.78. The van der Waals surface area contributed by atoms with Gasteiger partial charge in [0.1, 0.15) is 11.9 Å². The number of benzene rings is 1.